The van der Waals surface area contributed by atoms with Gasteiger partial charge in [0.1, 0.15) is 18.5 Å². The number of carbonyl (C=O) groups is 1. The molecule has 0 amide bonds. The number of alkyl halides is 6. The maximum atomic E-state index is 13.1. The molecule has 1 aliphatic carbocycles. The Morgan fingerprint density at radius 3 is 2.38 bits per heavy atom. The summed E-state index contributed by atoms with van der Waals surface area (Å²) in [5.74, 6) is -0.973. The minimum Gasteiger partial charge on any atom is -0.488 e. The molecular weight excluding hydrogens is 614 g/mol. The number of benzene rings is 1. The SMILES string of the molecule is C/C=C(/C)C(CC1(OCC(F)(F)F)C=CC=C(OCC(F)(F)F)C1)Oc1ccc(C[C@H](OCC)C(=O)O)cc1Br. The molecule has 0 heterocycles. The van der Waals surface area contributed by atoms with Crippen LogP contribution in [0, 0.1) is 0 Å². The second-order valence-corrected chi connectivity index (χ2v) is 9.99. The number of carboxylic acid groups (broad SMARTS) is 1. The zero-order valence-electron chi connectivity index (χ0n) is 22.1. The molecule has 6 nitrogen and oxygen atoms in total. The average Bonchev–Trinajstić information content (AvgIpc) is 2.86. The van der Waals surface area contributed by atoms with Crippen molar-refractivity contribution in [1.29, 1.82) is 0 Å². The molecule has 1 aromatic carbocycles. The highest BCUT2D eigenvalue weighted by molar-refractivity contribution is 9.10. The van der Waals surface area contributed by atoms with Crippen molar-refractivity contribution in [1.82, 2.24) is 0 Å². The van der Waals surface area contributed by atoms with Crippen LogP contribution in [0.1, 0.15) is 39.2 Å². The largest absolute Gasteiger partial charge is 0.488 e. The van der Waals surface area contributed by atoms with Crippen LogP contribution in [0.5, 0.6) is 5.75 Å². The average molecular weight is 645 g/mol. The normalized spacial score (nSPS) is 19.6. The number of allylic oxidation sites excluding steroid dienone is 3. The predicted molar refractivity (Wildman–Crippen MR) is 138 cm³/mol. The first-order valence-corrected chi connectivity index (χ1v) is 13.1. The number of hydrogen-bond donors (Lipinski definition) is 1. The quantitative estimate of drug-likeness (QED) is 0.169. The van der Waals surface area contributed by atoms with Gasteiger partial charge >= 0.3 is 18.3 Å². The van der Waals surface area contributed by atoms with Crippen LogP contribution in [-0.4, -0.2) is 61.1 Å². The molecule has 0 radical (unpaired) electrons. The molecule has 0 aliphatic heterocycles. The smallest absolute Gasteiger partial charge is 0.422 e. The maximum absolute atomic E-state index is 13.1. The molecule has 0 fully saturated rings. The fraction of sp³-hybridized carbons (Fsp3) is 0.519. The Morgan fingerprint density at radius 2 is 1.82 bits per heavy atom. The summed E-state index contributed by atoms with van der Waals surface area (Å²) in [6.45, 7) is 2.08. The molecule has 2 rings (SSSR count). The van der Waals surface area contributed by atoms with Gasteiger partial charge in [-0.1, -0.05) is 24.3 Å². The van der Waals surface area contributed by atoms with E-state index in [0.717, 1.165) is 0 Å². The number of halogens is 7. The Labute approximate surface area is 236 Å². The van der Waals surface area contributed by atoms with Gasteiger partial charge in [0.25, 0.3) is 0 Å². The van der Waals surface area contributed by atoms with Gasteiger partial charge in [0, 0.05) is 25.9 Å². The lowest BCUT2D eigenvalue weighted by Gasteiger charge is -2.37. The highest BCUT2D eigenvalue weighted by Gasteiger charge is 2.41. The molecule has 224 valence electrons. The molecule has 0 spiro atoms. The fourth-order valence-electron chi connectivity index (χ4n) is 3.89. The predicted octanol–water partition coefficient (Wildman–Crippen LogP) is 7.33. The second-order valence-electron chi connectivity index (χ2n) is 9.14. The van der Waals surface area contributed by atoms with Crippen LogP contribution in [0.3, 0.4) is 0 Å². The molecule has 0 saturated carbocycles. The molecular formula is C27H31BrF6O6. The molecule has 2 unspecified atom stereocenters. The second kappa shape index (κ2) is 14.4. The molecule has 1 aromatic rings. The zero-order valence-corrected chi connectivity index (χ0v) is 23.7. The van der Waals surface area contributed by atoms with Crippen LogP contribution in [0.15, 0.2) is 58.3 Å². The summed E-state index contributed by atoms with van der Waals surface area (Å²) < 4.78 is 99.5. The number of ether oxygens (including phenoxy) is 4. The Morgan fingerprint density at radius 1 is 1.15 bits per heavy atom. The fourth-order valence-corrected chi connectivity index (χ4v) is 4.41. The van der Waals surface area contributed by atoms with Crippen molar-refractivity contribution in [3.05, 3.63) is 63.9 Å². The van der Waals surface area contributed by atoms with E-state index in [2.05, 4.69) is 15.9 Å². The van der Waals surface area contributed by atoms with E-state index in [4.69, 9.17) is 18.9 Å². The molecule has 0 bridgehead atoms. The van der Waals surface area contributed by atoms with Gasteiger partial charge in [-0.25, -0.2) is 4.79 Å². The lowest BCUT2D eigenvalue weighted by atomic mass is 9.86. The minimum absolute atomic E-state index is 0.0889. The lowest BCUT2D eigenvalue weighted by molar-refractivity contribution is -0.203. The number of aliphatic carboxylic acids is 1. The molecule has 0 saturated heterocycles. The van der Waals surface area contributed by atoms with Gasteiger partial charge in [0.05, 0.1) is 15.8 Å². The van der Waals surface area contributed by atoms with Gasteiger partial charge in [-0.05, 0) is 66.0 Å². The monoisotopic (exact) mass is 644 g/mol. The Balaban J connectivity index is 2.31. The third kappa shape index (κ3) is 11.2. The topological polar surface area (TPSA) is 74.2 Å². The number of hydrogen-bond acceptors (Lipinski definition) is 5. The Hall–Kier alpha value is -2.51. The van der Waals surface area contributed by atoms with Crippen LogP contribution in [0.25, 0.3) is 0 Å². The number of carboxylic acids is 1. The highest BCUT2D eigenvalue weighted by Crippen LogP contribution is 2.38. The Kier molecular flexibility index (Phi) is 12.1. The van der Waals surface area contributed by atoms with Crippen molar-refractivity contribution >= 4 is 21.9 Å². The lowest BCUT2D eigenvalue weighted by Crippen LogP contribution is -2.41. The van der Waals surface area contributed by atoms with Gasteiger partial charge in [0.2, 0.25) is 0 Å². The molecule has 3 atom stereocenters. The van der Waals surface area contributed by atoms with E-state index in [9.17, 15) is 36.2 Å². The summed E-state index contributed by atoms with van der Waals surface area (Å²) in [6, 6.07) is 4.87. The van der Waals surface area contributed by atoms with E-state index in [1.807, 2.05) is 0 Å². The van der Waals surface area contributed by atoms with Gasteiger partial charge in [-0.2, -0.15) is 26.3 Å². The molecule has 13 heteroatoms. The molecule has 1 aliphatic rings. The molecule has 1 N–H and O–H groups in total. The van der Waals surface area contributed by atoms with E-state index in [1.54, 1.807) is 45.0 Å². The van der Waals surface area contributed by atoms with E-state index in [-0.39, 0.29) is 31.6 Å². The van der Waals surface area contributed by atoms with Crippen LogP contribution in [0.2, 0.25) is 0 Å². The standard InChI is InChI=1S/C27H31BrF6O6/c1-4-17(3)23(40-21-9-8-18(11-20(21)28)12-22(24(35)36)37-5-2)14-25(39-16-27(32,33)34)10-6-7-19(13-25)38-15-26(29,30)31/h4,6-11,22-23H,5,12-16H2,1-3H3,(H,35,36)/b17-4-/t22-,23?,25?/m0/s1. The van der Waals surface area contributed by atoms with Crippen LogP contribution in [-0.2, 0) is 25.4 Å². The first kappa shape index (κ1) is 33.7. The zero-order chi connectivity index (χ0) is 30.1. The van der Waals surface area contributed by atoms with Crippen molar-refractivity contribution in [3.8, 4) is 5.75 Å². The highest BCUT2D eigenvalue weighted by atomic mass is 79.9. The molecule has 40 heavy (non-hydrogen) atoms. The first-order chi connectivity index (χ1) is 18.6. The van der Waals surface area contributed by atoms with E-state index in [1.165, 1.54) is 18.2 Å². The summed E-state index contributed by atoms with van der Waals surface area (Å²) in [7, 11) is 0. The van der Waals surface area contributed by atoms with E-state index >= 15 is 0 Å². The van der Waals surface area contributed by atoms with Gasteiger partial charge in [-0.15, -0.1) is 0 Å². The minimum atomic E-state index is -4.69. The van der Waals surface area contributed by atoms with Crippen molar-refractivity contribution in [2.45, 2.75) is 70.2 Å². The van der Waals surface area contributed by atoms with E-state index in [0.29, 0.717) is 21.4 Å². The van der Waals surface area contributed by atoms with Crippen molar-refractivity contribution in [2.75, 3.05) is 19.8 Å². The third-order valence-electron chi connectivity index (χ3n) is 5.92. The third-order valence-corrected chi connectivity index (χ3v) is 6.54. The summed E-state index contributed by atoms with van der Waals surface area (Å²) in [6.07, 6.45) is -6.06. The van der Waals surface area contributed by atoms with Crippen molar-refractivity contribution in [3.63, 3.8) is 0 Å². The van der Waals surface area contributed by atoms with Crippen molar-refractivity contribution < 1.29 is 55.2 Å². The summed E-state index contributed by atoms with van der Waals surface area (Å²) >= 11 is 3.39. The molecule has 0 aromatic heterocycles. The summed E-state index contributed by atoms with van der Waals surface area (Å²) in [5.41, 5.74) is -0.413. The maximum Gasteiger partial charge on any atom is 0.422 e. The van der Waals surface area contributed by atoms with Crippen LogP contribution in [0.4, 0.5) is 26.3 Å². The Bertz CT molecular complexity index is 1100. The van der Waals surface area contributed by atoms with Gasteiger partial charge in [-0.3, -0.25) is 0 Å². The number of rotatable bonds is 14. The van der Waals surface area contributed by atoms with Crippen LogP contribution < -0.4 is 4.74 Å². The first-order valence-electron chi connectivity index (χ1n) is 12.3. The summed E-state index contributed by atoms with van der Waals surface area (Å²) in [5, 5.41) is 9.34. The summed E-state index contributed by atoms with van der Waals surface area (Å²) in [4.78, 5) is 11.4. The van der Waals surface area contributed by atoms with Crippen molar-refractivity contribution in [2.24, 2.45) is 0 Å². The van der Waals surface area contributed by atoms with Gasteiger partial charge < -0.3 is 24.1 Å². The van der Waals surface area contributed by atoms with Crippen LogP contribution >= 0.6 is 15.9 Å². The van der Waals surface area contributed by atoms with Gasteiger partial charge in [0.15, 0.2) is 12.7 Å². The van der Waals surface area contributed by atoms with E-state index < -0.39 is 49.3 Å².